The lowest BCUT2D eigenvalue weighted by Gasteiger charge is -2.13. The minimum absolute atomic E-state index is 0.133. The van der Waals surface area contributed by atoms with E-state index in [0.29, 0.717) is 26.3 Å². The van der Waals surface area contributed by atoms with Gasteiger partial charge < -0.3 is 4.74 Å². The third-order valence-corrected chi connectivity index (χ3v) is 5.82. The Bertz CT molecular complexity index is 933. The van der Waals surface area contributed by atoms with Gasteiger partial charge in [0.25, 0.3) is 11.1 Å². The molecule has 0 bridgehead atoms. The van der Waals surface area contributed by atoms with Crippen molar-refractivity contribution in [1.82, 2.24) is 4.90 Å². The summed E-state index contributed by atoms with van der Waals surface area (Å²) in [4.78, 5) is 26.5. The summed E-state index contributed by atoms with van der Waals surface area (Å²) < 4.78 is 6.15. The van der Waals surface area contributed by atoms with Gasteiger partial charge in [-0.2, -0.15) is 0 Å². The first kappa shape index (κ1) is 19.3. The second kappa shape index (κ2) is 8.05. The third kappa shape index (κ3) is 4.09. The van der Waals surface area contributed by atoms with Crippen LogP contribution >= 0.6 is 50.9 Å². The van der Waals surface area contributed by atoms with Gasteiger partial charge in [0, 0.05) is 10.0 Å². The molecule has 0 unspecified atom stereocenters. The fourth-order valence-corrected chi connectivity index (χ4v) is 3.94. The van der Waals surface area contributed by atoms with E-state index in [-0.39, 0.29) is 17.7 Å². The Morgan fingerprint density at radius 1 is 1.15 bits per heavy atom. The van der Waals surface area contributed by atoms with Gasteiger partial charge in [-0.1, -0.05) is 45.2 Å². The Labute approximate surface area is 173 Å². The molecule has 1 saturated heterocycles. The maximum atomic E-state index is 12.7. The van der Waals surface area contributed by atoms with E-state index in [9.17, 15) is 9.59 Å². The maximum Gasteiger partial charge on any atom is 0.293 e. The van der Waals surface area contributed by atoms with E-state index in [1.54, 1.807) is 37.5 Å². The number of ether oxygens (including phenoxy) is 1. The van der Waals surface area contributed by atoms with E-state index in [1.165, 1.54) is 4.90 Å². The van der Waals surface area contributed by atoms with Crippen LogP contribution in [0.4, 0.5) is 4.79 Å². The number of hydrogen-bond donors (Lipinski definition) is 0. The van der Waals surface area contributed by atoms with E-state index >= 15 is 0 Å². The Kier molecular flexibility index (Phi) is 5.97. The molecule has 0 aliphatic carbocycles. The van der Waals surface area contributed by atoms with Gasteiger partial charge in [0.1, 0.15) is 5.75 Å². The quantitative estimate of drug-likeness (QED) is 0.512. The van der Waals surface area contributed by atoms with Crippen molar-refractivity contribution in [1.29, 1.82) is 0 Å². The molecule has 8 heteroatoms. The second-order valence-electron chi connectivity index (χ2n) is 5.40. The minimum Gasteiger partial charge on any atom is -0.496 e. The highest BCUT2D eigenvalue weighted by atomic mass is 79.9. The Hall–Kier alpha value is -1.47. The summed E-state index contributed by atoms with van der Waals surface area (Å²) in [5.41, 5.74) is 1.44. The number of nitrogens with zero attached hydrogens (tertiary/aromatic N) is 1. The zero-order valence-corrected chi connectivity index (χ0v) is 17.4. The monoisotopic (exact) mass is 471 g/mol. The Balaban J connectivity index is 1.87. The molecule has 0 saturated carbocycles. The molecule has 2 aromatic rings. The number of hydrogen-bond acceptors (Lipinski definition) is 4. The molecular weight excluding hydrogens is 461 g/mol. The summed E-state index contributed by atoms with van der Waals surface area (Å²) in [6.07, 6.45) is 1.66. The molecule has 4 nitrogen and oxygen atoms in total. The first-order chi connectivity index (χ1) is 12.4. The number of amides is 2. The normalized spacial score (nSPS) is 15.8. The van der Waals surface area contributed by atoms with Crippen molar-refractivity contribution in [2.75, 3.05) is 7.11 Å². The van der Waals surface area contributed by atoms with Crippen LogP contribution in [0, 0.1) is 0 Å². The van der Waals surface area contributed by atoms with E-state index in [0.717, 1.165) is 21.8 Å². The van der Waals surface area contributed by atoms with Gasteiger partial charge >= 0.3 is 0 Å². The van der Waals surface area contributed by atoms with Crippen LogP contribution in [0.5, 0.6) is 5.75 Å². The van der Waals surface area contributed by atoms with Crippen molar-refractivity contribution >= 4 is 68.1 Å². The van der Waals surface area contributed by atoms with Crippen LogP contribution in [-0.4, -0.2) is 23.2 Å². The fraction of sp³-hybridized carbons (Fsp3) is 0.111. The van der Waals surface area contributed by atoms with Crippen LogP contribution in [0.25, 0.3) is 6.08 Å². The van der Waals surface area contributed by atoms with Crippen molar-refractivity contribution in [3.8, 4) is 5.75 Å². The highest BCUT2D eigenvalue weighted by Crippen LogP contribution is 2.36. The zero-order valence-electron chi connectivity index (χ0n) is 13.5. The van der Waals surface area contributed by atoms with Gasteiger partial charge in [0.2, 0.25) is 0 Å². The lowest BCUT2D eigenvalue weighted by Crippen LogP contribution is -2.27. The number of benzene rings is 2. The van der Waals surface area contributed by atoms with Crippen LogP contribution < -0.4 is 4.74 Å². The number of imide groups is 1. The van der Waals surface area contributed by atoms with Gasteiger partial charge in [0.05, 0.1) is 28.6 Å². The number of rotatable bonds is 4. The van der Waals surface area contributed by atoms with Crippen molar-refractivity contribution in [3.63, 3.8) is 0 Å². The van der Waals surface area contributed by atoms with Crippen LogP contribution in [0.15, 0.2) is 45.8 Å². The number of carbonyl (C=O) groups is 2. The van der Waals surface area contributed by atoms with E-state index in [1.807, 2.05) is 12.1 Å². The highest BCUT2D eigenvalue weighted by Gasteiger charge is 2.35. The summed E-state index contributed by atoms with van der Waals surface area (Å²) in [5.74, 6) is 0.262. The van der Waals surface area contributed by atoms with Gasteiger partial charge in [0.15, 0.2) is 0 Å². The van der Waals surface area contributed by atoms with Crippen LogP contribution in [-0.2, 0) is 11.3 Å². The molecule has 0 spiro atoms. The summed E-state index contributed by atoms with van der Waals surface area (Å²) in [5, 5.41) is 0.470. The number of thioether (sulfide) groups is 1. The maximum absolute atomic E-state index is 12.7. The van der Waals surface area contributed by atoms with Crippen LogP contribution in [0.1, 0.15) is 11.1 Å². The van der Waals surface area contributed by atoms with E-state index in [4.69, 9.17) is 27.9 Å². The molecule has 1 aliphatic heterocycles. The summed E-state index contributed by atoms with van der Waals surface area (Å²) in [7, 11) is 1.55. The lowest BCUT2D eigenvalue weighted by molar-refractivity contribution is -0.123. The lowest BCUT2D eigenvalue weighted by atomic mass is 10.1. The molecule has 134 valence electrons. The van der Waals surface area contributed by atoms with Crippen molar-refractivity contribution in [2.24, 2.45) is 0 Å². The molecule has 2 amide bonds. The second-order valence-corrected chi connectivity index (χ2v) is 8.13. The first-order valence-electron chi connectivity index (χ1n) is 7.42. The molecule has 1 heterocycles. The van der Waals surface area contributed by atoms with Crippen molar-refractivity contribution in [2.45, 2.75) is 6.54 Å². The summed E-state index contributed by atoms with van der Waals surface area (Å²) >= 11 is 16.2. The highest BCUT2D eigenvalue weighted by molar-refractivity contribution is 9.10. The predicted molar refractivity (Wildman–Crippen MR) is 109 cm³/mol. The standard InChI is InChI=1S/C18H12BrCl2NO3S/c1-25-15-5-3-12(19)7-11(15)8-16-17(23)22(18(24)26-16)9-10-2-4-13(20)14(21)6-10/h2-8H,9H2,1H3/b16-8-. The smallest absolute Gasteiger partial charge is 0.293 e. The molecule has 0 N–H and O–H groups in total. The largest absolute Gasteiger partial charge is 0.496 e. The average Bonchev–Trinajstić information content (AvgIpc) is 2.86. The minimum atomic E-state index is -0.354. The molecule has 1 fully saturated rings. The van der Waals surface area contributed by atoms with E-state index in [2.05, 4.69) is 15.9 Å². The number of carbonyl (C=O) groups excluding carboxylic acids is 2. The Morgan fingerprint density at radius 3 is 2.62 bits per heavy atom. The number of halogens is 3. The average molecular weight is 473 g/mol. The Morgan fingerprint density at radius 2 is 1.92 bits per heavy atom. The zero-order chi connectivity index (χ0) is 18.8. The molecule has 1 aliphatic rings. The third-order valence-electron chi connectivity index (χ3n) is 3.68. The first-order valence-corrected chi connectivity index (χ1v) is 9.78. The van der Waals surface area contributed by atoms with Gasteiger partial charge in [-0.25, -0.2) is 0 Å². The molecule has 3 rings (SSSR count). The molecule has 0 radical (unpaired) electrons. The van der Waals surface area contributed by atoms with Gasteiger partial charge in [-0.15, -0.1) is 0 Å². The molecule has 26 heavy (non-hydrogen) atoms. The fourth-order valence-electron chi connectivity index (χ4n) is 2.42. The van der Waals surface area contributed by atoms with Crippen LogP contribution in [0.2, 0.25) is 10.0 Å². The predicted octanol–water partition coefficient (Wildman–Crippen LogP) is 6.00. The van der Waals surface area contributed by atoms with Gasteiger partial charge in [-0.05, 0) is 53.7 Å². The molecule has 0 aromatic heterocycles. The summed E-state index contributed by atoms with van der Waals surface area (Å²) in [6.45, 7) is 0.133. The van der Waals surface area contributed by atoms with Crippen LogP contribution in [0.3, 0.4) is 0 Å². The molecular formula is C18H12BrCl2NO3S. The number of methoxy groups -OCH3 is 1. The van der Waals surface area contributed by atoms with Gasteiger partial charge in [-0.3, -0.25) is 14.5 Å². The van der Waals surface area contributed by atoms with Crippen molar-refractivity contribution in [3.05, 3.63) is 66.9 Å². The molecule has 2 aromatic carbocycles. The SMILES string of the molecule is COc1ccc(Br)cc1/C=C1\SC(=O)N(Cc2ccc(Cl)c(Cl)c2)C1=O. The topological polar surface area (TPSA) is 46.6 Å². The molecule has 0 atom stereocenters. The van der Waals surface area contributed by atoms with E-state index < -0.39 is 0 Å². The van der Waals surface area contributed by atoms with Crippen molar-refractivity contribution < 1.29 is 14.3 Å². The summed E-state index contributed by atoms with van der Waals surface area (Å²) in [6, 6.07) is 10.5.